The third kappa shape index (κ3) is 5.63. The molecule has 0 unspecified atom stereocenters. The van der Waals surface area contributed by atoms with Gasteiger partial charge < -0.3 is 10.2 Å². The van der Waals surface area contributed by atoms with Crippen LogP contribution in [-0.4, -0.2) is 35.5 Å². The van der Waals surface area contributed by atoms with Gasteiger partial charge in [0.15, 0.2) is 5.82 Å². The second kappa shape index (κ2) is 10.6. The number of rotatable bonds is 7. The van der Waals surface area contributed by atoms with Gasteiger partial charge in [-0.15, -0.1) is 0 Å². The van der Waals surface area contributed by atoms with Crippen LogP contribution >= 0.6 is 11.8 Å². The van der Waals surface area contributed by atoms with Crippen molar-refractivity contribution >= 4 is 23.5 Å². The zero-order chi connectivity index (χ0) is 20.6. The van der Waals surface area contributed by atoms with E-state index in [0.29, 0.717) is 6.54 Å². The summed E-state index contributed by atoms with van der Waals surface area (Å²) in [5.74, 6) is 1.07. The Morgan fingerprint density at radius 1 is 1.13 bits per heavy atom. The molecule has 1 fully saturated rings. The van der Waals surface area contributed by atoms with Gasteiger partial charge in [0.05, 0.1) is 5.92 Å². The van der Waals surface area contributed by atoms with Crippen molar-refractivity contribution in [2.75, 3.05) is 24.5 Å². The van der Waals surface area contributed by atoms with E-state index in [2.05, 4.69) is 38.4 Å². The molecule has 1 N–H and O–H groups in total. The predicted octanol–water partition coefficient (Wildman–Crippen LogP) is 4.85. The van der Waals surface area contributed by atoms with E-state index in [1.54, 1.807) is 24.2 Å². The van der Waals surface area contributed by atoms with Crippen LogP contribution in [0.2, 0.25) is 0 Å². The number of piperidine rings is 1. The van der Waals surface area contributed by atoms with Crippen molar-refractivity contribution in [3.8, 4) is 0 Å². The molecule has 6 heteroatoms. The van der Waals surface area contributed by atoms with Gasteiger partial charge in [-0.2, -0.15) is 0 Å². The van der Waals surface area contributed by atoms with Crippen LogP contribution in [0.25, 0.3) is 0 Å². The minimum atomic E-state index is 0.00988. The number of amides is 1. The van der Waals surface area contributed by atoms with Crippen LogP contribution in [-0.2, 0) is 4.79 Å². The largest absolute Gasteiger partial charge is 0.355 e. The molecule has 1 aromatic heterocycles. The zero-order valence-electron chi connectivity index (χ0n) is 17.4. The normalized spacial score (nSPS) is 19.3. The number of nitrogens with one attached hydrogen (secondary N) is 1. The molecule has 2 heterocycles. The summed E-state index contributed by atoms with van der Waals surface area (Å²) in [6.07, 6.45) is 13.8. The summed E-state index contributed by atoms with van der Waals surface area (Å²) in [5, 5.41) is 4.08. The topological polar surface area (TPSA) is 58.1 Å². The average molecular weight is 423 g/mol. The van der Waals surface area contributed by atoms with E-state index in [1.165, 1.54) is 31.3 Å². The van der Waals surface area contributed by atoms with E-state index in [0.717, 1.165) is 48.1 Å². The summed E-state index contributed by atoms with van der Waals surface area (Å²) in [6, 6.07) is 10.2. The molecule has 30 heavy (non-hydrogen) atoms. The highest BCUT2D eigenvalue weighted by Gasteiger charge is 2.28. The Morgan fingerprint density at radius 3 is 2.83 bits per heavy atom. The van der Waals surface area contributed by atoms with Crippen molar-refractivity contribution in [3.63, 3.8) is 0 Å². The van der Waals surface area contributed by atoms with Crippen LogP contribution in [0.5, 0.6) is 0 Å². The molecule has 0 saturated carbocycles. The van der Waals surface area contributed by atoms with Crippen LogP contribution in [0.15, 0.2) is 64.3 Å². The molecule has 5 nitrogen and oxygen atoms in total. The van der Waals surface area contributed by atoms with Crippen LogP contribution in [0.1, 0.15) is 44.9 Å². The van der Waals surface area contributed by atoms with Crippen molar-refractivity contribution in [3.05, 3.63) is 54.4 Å². The highest BCUT2D eigenvalue weighted by atomic mass is 32.2. The summed E-state index contributed by atoms with van der Waals surface area (Å²) in [5.41, 5.74) is 1.51. The van der Waals surface area contributed by atoms with E-state index in [4.69, 9.17) is 0 Å². The fourth-order valence-electron chi connectivity index (χ4n) is 4.21. The fourth-order valence-corrected chi connectivity index (χ4v) is 5.12. The Hall–Kier alpha value is -2.34. The first-order chi connectivity index (χ1) is 14.8. The lowest BCUT2D eigenvalue weighted by atomic mass is 9.96. The standard InChI is InChI=1S/C24H30N4OS/c29-23(26-14-13-19-8-3-1-4-9-19)20-10-7-17-28(18-20)22-24(27-16-15-25-22)30-21-11-5-2-6-12-21/h2,5-6,8,11-12,15-16,20H,1,3-4,7,9-10,13-14,17-18H2,(H,26,29)/t20-/m0/s1. The molecule has 0 bridgehead atoms. The molecule has 1 atom stereocenters. The second-order valence-electron chi connectivity index (χ2n) is 8.03. The molecule has 2 aliphatic rings. The molecule has 2 aromatic rings. The van der Waals surface area contributed by atoms with Gasteiger partial charge in [-0.1, -0.05) is 41.6 Å². The van der Waals surface area contributed by atoms with Gasteiger partial charge in [-0.25, -0.2) is 9.97 Å². The zero-order valence-corrected chi connectivity index (χ0v) is 18.2. The summed E-state index contributed by atoms with van der Waals surface area (Å²) >= 11 is 1.63. The molecule has 1 aromatic carbocycles. The molecule has 4 rings (SSSR count). The van der Waals surface area contributed by atoms with Gasteiger partial charge in [-0.3, -0.25) is 4.79 Å². The van der Waals surface area contributed by atoms with Gasteiger partial charge in [-0.05, 0) is 57.1 Å². The van der Waals surface area contributed by atoms with Crippen LogP contribution in [0, 0.1) is 5.92 Å². The maximum Gasteiger partial charge on any atom is 0.224 e. The van der Waals surface area contributed by atoms with E-state index >= 15 is 0 Å². The molecular weight excluding hydrogens is 392 g/mol. The van der Waals surface area contributed by atoms with Gasteiger partial charge in [0.1, 0.15) is 5.03 Å². The number of hydrogen-bond donors (Lipinski definition) is 1. The number of hydrogen-bond acceptors (Lipinski definition) is 5. The smallest absolute Gasteiger partial charge is 0.224 e. The first-order valence-corrected chi connectivity index (χ1v) is 11.9. The summed E-state index contributed by atoms with van der Waals surface area (Å²) < 4.78 is 0. The van der Waals surface area contributed by atoms with Crippen LogP contribution < -0.4 is 10.2 Å². The summed E-state index contributed by atoms with van der Waals surface area (Å²) in [4.78, 5) is 25.4. The maximum atomic E-state index is 12.8. The van der Waals surface area contributed by atoms with Crippen molar-refractivity contribution in [2.24, 2.45) is 5.92 Å². The minimum absolute atomic E-state index is 0.00988. The number of allylic oxidation sites excluding steroid dienone is 1. The molecule has 1 aliphatic heterocycles. The van der Waals surface area contributed by atoms with E-state index in [-0.39, 0.29) is 11.8 Å². The predicted molar refractivity (Wildman–Crippen MR) is 122 cm³/mol. The van der Waals surface area contributed by atoms with Crippen LogP contribution in [0.4, 0.5) is 5.82 Å². The fraction of sp³-hybridized carbons (Fsp3) is 0.458. The highest BCUT2D eigenvalue weighted by Crippen LogP contribution is 2.33. The van der Waals surface area contributed by atoms with Gasteiger partial charge in [0.25, 0.3) is 0 Å². The Balaban J connectivity index is 1.35. The lowest BCUT2D eigenvalue weighted by molar-refractivity contribution is -0.125. The van der Waals surface area contributed by atoms with Crippen molar-refractivity contribution < 1.29 is 4.79 Å². The van der Waals surface area contributed by atoms with Crippen molar-refractivity contribution in [2.45, 2.75) is 54.9 Å². The summed E-state index contributed by atoms with van der Waals surface area (Å²) in [7, 11) is 0. The van der Waals surface area contributed by atoms with E-state index in [9.17, 15) is 4.79 Å². The third-order valence-corrected chi connectivity index (χ3v) is 6.82. The minimum Gasteiger partial charge on any atom is -0.355 e. The Bertz CT molecular complexity index is 871. The van der Waals surface area contributed by atoms with Crippen molar-refractivity contribution in [1.29, 1.82) is 0 Å². The molecule has 1 aliphatic carbocycles. The molecule has 0 radical (unpaired) electrons. The van der Waals surface area contributed by atoms with E-state index in [1.807, 2.05) is 18.2 Å². The monoisotopic (exact) mass is 422 g/mol. The SMILES string of the molecule is O=C(NCCC1=CCCCC1)[C@H]1CCCN(c2nccnc2Sc2ccccc2)C1. The quantitative estimate of drug-likeness (QED) is 0.646. The molecule has 0 spiro atoms. The summed E-state index contributed by atoms with van der Waals surface area (Å²) in [6.45, 7) is 2.37. The third-order valence-electron chi connectivity index (χ3n) is 5.83. The van der Waals surface area contributed by atoms with Crippen LogP contribution in [0.3, 0.4) is 0 Å². The van der Waals surface area contributed by atoms with Crippen molar-refractivity contribution in [1.82, 2.24) is 15.3 Å². The number of aromatic nitrogens is 2. The Labute approximate surface area is 183 Å². The average Bonchev–Trinajstić information content (AvgIpc) is 2.81. The molecule has 1 amide bonds. The number of carbonyl (C=O) groups excluding carboxylic acids is 1. The first kappa shape index (κ1) is 20.9. The van der Waals surface area contributed by atoms with Gasteiger partial charge in [0, 0.05) is 36.9 Å². The first-order valence-electron chi connectivity index (χ1n) is 11.0. The molecular formula is C24H30N4OS. The Kier molecular flexibility index (Phi) is 7.40. The molecule has 158 valence electrons. The number of anilines is 1. The highest BCUT2D eigenvalue weighted by molar-refractivity contribution is 7.99. The lowest BCUT2D eigenvalue weighted by Gasteiger charge is -2.33. The number of carbonyl (C=O) groups is 1. The second-order valence-corrected chi connectivity index (χ2v) is 9.10. The number of benzene rings is 1. The Morgan fingerprint density at radius 2 is 2.00 bits per heavy atom. The lowest BCUT2D eigenvalue weighted by Crippen LogP contribution is -2.43. The maximum absolute atomic E-state index is 12.8. The van der Waals surface area contributed by atoms with Gasteiger partial charge >= 0.3 is 0 Å². The molecule has 1 saturated heterocycles. The van der Waals surface area contributed by atoms with E-state index < -0.39 is 0 Å². The van der Waals surface area contributed by atoms with Gasteiger partial charge in [0.2, 0.25) is 5.91 Å². The number of nitrogens with zero attached hydrogens (tertiary/aromatic N) is 3.